The number of carboxylic acid groups (broad SMARTS) is 1. The number of nitro benzene ring substituents is 1. The van der Waals surface area contributed by atoms with Crippen molar-refractivity contribution in [3.8, 4) is 0 Å². The molecule has 0 spiro atoms. The molecule has 21 heavy (non-hydrogen) atoms. The van der Waals surface area contributed by atoms with E-state index < -0.39 is 39.8 Å². The maximum atomic E-state index is 13.2. The molecule has 0 fully saturated rings. The molecular formula is C13H15FN2O5. The first-order valence-electron chi connectivity index (χ1n) is 6.01. The fourth-order valence-corrected chi connectivity index (χ4v) is 1.66. The zero-order valence-electron chi connectivity index (χ0n) is 11.7. The molecule has 1 aromatic rings. The van der Waals surface area contributed by atoms with Crippen LogP contribution in [0, 0.1) is 21.3 Å². The number of rotatable bonds is 4. The molecule has 7 nitrogen and oxygen atoms in total. The second kappa shape index (κ2) is 5.86. The Kier molecular flexibility index (Phi) is 4.62. The van der Waals surface area contributed by atoms with Crippen LogP contribution >= 0.6 is 0 Å². The highest BCUT2D eigenvalue weighted by Gasteiger charge is 2.33. The van der Waals surface area contributed by atoms with Gasteiger partial charge in [-0.05, 0) is 17.5 Å². The summed E-state index contributed by atoms with van der Waals surface area (Å²) in [5, 5.41) is 22.0. The minimum Gasteiger partial charge on any atom is -0.480 e. The average molecular weight is 298 g/mol. The van der Waals surface area contributed by atoms with E-state index >= 15 is 0 Å². The molecule has 114 valence electrons. The monoisotopic (exact) mass is 298 g/mol. The maximum absolute atomic E-state index is 13.2. The third-order valence-corrected chi connectivity index (χ3v) is 2.79. The van der Waals surface area contributed by atoms with Crippen LogP contribution in [0.25, 0.3) is 0 Å². The lowest BCUT2D eigenvalue weighted by atomic mass is 9.86. The first-order valence-corrected chi connectivity index (χ1v) is 6.01. The minimum absolute atomic E-state index is 0.182. The number of hydrogen-bond acceptors (Lipinski definition) is 4. The van der Waals surface area contributed by atoms with Gasteiger partial charge in [-0.2, -0.15) is 4.39 Å². The number of amides is 1. The van der Waals surface area contributed by atoms with Gasteiger partial charge in [-0.15, -0.1) is 0 Å². The summed E-state index contributed by atoms with van der Waals surface area (Å²) in [6, 6.07) is 1.43. The number of hydrogen-bond donors (Lipinski definition) is 2. The number of nitrogens with one attached hydrogen (secondary N) is 1. The van der Waals surface area contributed by atoms with Crippen molar-refractivity contribution in [2.24, 2.45) is 5.41 Å². The Morgan fingerprint density at radius 1 is 1.38 bits per heavy atom. The predicted octanol–water partition coefficient (Wildman–Crippen LogP) is 1.96. The Labute approximate surface area is 119 Å². The first kappa shape index (κ1) is 16.5. The summed E-state index contributed by atoms with van der Waals surface area (Å²) in [7, 11) is 0. The maximum Gasteiger partial charge on any atom is 0.326 e. The lowest BCUT2D eigenvalue weighted by molar-refractivity contribution is -0.387. The Morgan fingerprint density at radius 3 is 2.38 bits per heavy atom. The van der Waals surface area contributed by atoms with Crippen molar-refractivity contribution in [2.45, 2.75) is 26.8 Å². The van der Waals surface area contributed by atoms with E-state index in [-0.39, 0.29) is 5.56 Å². The number of benzene rings is 1. The van der Waals surface area contributed by atoms with Gasteiger partial charge in [0.25, 0.3) is 5.91 Å². The van der Waals surface area contributed by atoms with Gasteiger partial charge in [0.1, 0.15) is 6.04 Å². The highest BCUT2D eigenvalue weighted by molar-refractivity contribution is 5.97. The number of nitrogens with zero attached hydrogens (tertiary/aromatic N) is 1. The number of carboxylic acids is 1. The second-order valence-electron chi connectivity index (χ2n) is 5.53. The normalized spacial score (nSPS) is 12.6. The quantitative estimate of drug-likeness (QED) is 0.652. The molecule has 0 heterocycles. The SMILES string of the molecule is CC(C)(C)C(NC(=O)c1ccc(F)c([N+](=O)[O-])c1)C(=O)O. The van der Waals surface area contributed by atoms with Crippen molar-refractivity contribution in [1.29, 1.82) is 0 Å². The molecule has 0 aliphatic heterocycles. The van der Waals surface area contributed by atoms with Crippen molar-refractivity contribution < 1.29 is 24.0 Å². The molecule has 0 saturated carbocycles. The van der Waals surface area contributed by atoms with Crippen molar-refractivity contribution in [3.05, 3.63) is 39.7 Å². The van der Waals surface area contributed by atoms with Gasteiger partial charge in [-0.3, -0.25) is 14.9 Å². The second-order valence-corrected chi connectivity index (χ2v) is 5.53. The Morgan fingerprint density at radius 2 is 1.95 bits per heavy atom. The lowest BCUT2D eigenvalue weighted by Gasteiger charge is -2.27. The highest BCUT2D eigenvalue weighted by Crippen LogP contribution is 2.22. The summed E-state index contributed by atoms with van der Waals surface area (Å²) < 4.78 is 13.2. The zero-order valence-corrected chi connectivity index (χ0v) is 11.7. The van der Waals surface area contributed by atoms with Crippen molar-refractivity contribution in [2.75, 3.05) is 0 Å². The predicted molar refractivity (Wildman–Crippen MR) is 71.4 cm³/mol. The van der Waals surface area contributed by atoms with Crippen LogP contribution in [0.5, 0.6) is 0 Å². The van der Waals surface area contributed by atoms with E-state index in [4.69, 9.17) is 5.11 Å². The fraction of sp³-hybridized carbons (Fsp3) is 0.385. The van der Waals surface area contributed by atoms with Crippen LogP contribution < -0.4 is 5.32 Å². The van der Waals surface area contributed by atoms with Gasteiger partial charge in [0, 0.05) is 11.6 Å². The molecule has 1 amide bonds. The van der Waals surface area contributed by atoms with Gasteiger partial charge >= 0.3 is 11.7 Å². The van der Waals surface area contributed by atoms with Crippen molar-refractivity contribution >= 4 is 17.6 Å². The third kappa shape index (κ3) is 3.98. The van der Waals surface area contributed by atoms with E-state index in [0.717, 1.165) is 18.2 Å². The Balaban J connectivity index is 3.07. The third-order valence-electron chi connectivity index (χ3n) is 2.79. The van der Waals surface area contributed by atoms with Crippen molar-refractivity contribution in [1.82, 2.24) is 5.32 Å². The summed E-state index contributed by atoms with van der Waals surface area (Å²) in [5.41, 5.74) is -1.78. The molecule has 0 bridgehead atoms. The molecule has 0 aromatic heterocycles. The summed E-state index contributed by atoms with van der Waals surface area (Å²) >= 11 is 0. The van der Waals surface area contributed by atoms with E-state index in [2.05, 4.69) is 5.32 Å². The summed E-state index contributed by atoms with van der Waals surface area (Å²) in [5.74, 6) is -3.12. The number of nitro groups is 1. The largest absolute Gasteiger partial charge is 0.480 e. The van der Waals surface area contributed by atoms with E-state index in [1.165, 1.54) is 0 Å². The van der Waals surface area contributed by atoms with Gasteiger partial charge in [0.15, 0.2) is 0 Å². The molecule has 0 aliphatic rings. The molecule has 8 heteroatoms. The van der Waals surface area contributed by atoms with Crippen LogP contribution in [0.4, 0.5) is 10.1 Å². The van der Waals surface area contributed by atoms with Gasteiger partial charge in [-0.1, -0.05) is 20.8 Å². The number of carbonyl (C=O) groups is 2. The molecule has 2 N–H and O–H groups in total. The number of halogens is 1. The minimum atomic E-state index is -1.23. The van der Waals surface area contributed by atoms with Gasteiger partial charge in [0.05, 0.1) is 4.92 Å². The van der Waals surface area contributed by atoms with Gasteiger partial charge < -0.3 is 10.4 Å². The van der Waals surface area contributed by atoms with E-state index in [9.17, 15) is 24.1 Å². The average Bonchev–Trinajstić information content (AvgIpc) is 2.33. The molecular weight excluding hydrogens is 283 g/mol. The molecule has 1 rings (SSSR count). The summed E-state index contributed by atoms with van der Waals surface area (Å²) in [6.45, 7) is 4.87. The van der Waals surface area contributed by atoms with Crippen LogP contribution in [-0.4, -0.2) is 27.9 Å². The smallest absolute Gasteiger partial charge is 0.326 e. The summed E-state index contributed by atoms with van der Waals surface area (Å²) in [6.07, 6.45) is 0. The van der Waals surface area contributed by atoms with Crippen molar-refractivity contribution in [3.63, 3.8) is 0 Å². The topological polar surface area (TPSA) is 110 Å². The molecule has 1 unspecified atom stereocenters. The zero-order chi connectivity index (χ0) is 16.4. The molecule has 1 atom stereocenters. The fourth-order valence-electron chi connectivity index (χ4n) is 1.66. The van der Waals surface area contributed by atoms with Crippen LogP contribution in [0.1, 0.15) is 31.1 Å². The number of carbonyl (C=O) groups excluding carboxylic acids is 1. The van der Waals surface area contributed by atoms with Gasteiger partial charge in [-0.25, -0.2) is 4.79 Å². The Hall–Kier alpha value is -2.51. The van der Waals surface area contributed by atoms with E-state index in [0.29, 0.717) is 0 Å². The standard InChI is InChI=1S/C13H15FN2O5/c1-13(2,3)10(12(18)19)15-11(17)7-4-5-8(14)9(6-7)16(20)21/h4-6,10H,1-3H3,(H,15,17)(H,18,19). The molecule has 0 radical (unpaired) electrons. The highest BCUT2D eigenvalue weighted by atomic mass is 19.1. The van der Waals surface area contributed by atoms with Crippen LogP contribution in [0.15, 0.2) is 18.2 Å². The first-order chi connectivity index (χ1) is 9.54. The van der Waals surface area contributed by atoms with E-state index in [1.807, 2.05) is 0 Å². The number of aliphatic carboxylic acids is 1. The van der Waals surface area contributed by atoms with Crippen LogP contribution in [0.2, 0.25) is 0 Å². The summed E-state index contributed by atoms with van der Waals surface area (Å²) in [4.78, 5) is 32.8. The van der Waals surface area contributed by atoms with Crippen LogP contribution in [-0.2, 0) is 4.79 Å². The van der Waals surface area contributed by atoms with Crippen LogP contribution in [0.3, 0.4) is 0 Å². The molecule has 0 aliphatic carbocycles. The Bertz CT molecular complexity index is 595. The molecule has 0 saturated heterocycles. The van der Waals surface area contributed by atoms with E-state index in [1.54, 1.807) is 20.8 Å². The van der Waals surface area contributed by atoms with Gasteiger partial charge in [0.2, 0.25) is 5.82 Å². The molecule has 1 aromatic carbocycles. The lowest BCUT2D eigenvalue weighted by Crippen LogP contribution is -2.49.